The Bertz CT molecular complexity index is 636. The Kier molecular flexibility index (Phi) is 4.04. The van der Waals surface area contributed by atoms with Crippen molar-refractivity contribution in [3.63, 3.8) is 0 Å². The van der Waals surface area contributed by atoms with E-state index in [2.05, 4.69) is 20.5 Å². The minimum atomic E-state index is -0.182. The lowest BCUT2D eigenvalue weighted by Gasteiger charge is -2.25. The first-order valence-corrected chi connectivity index (χ1v) is 7.45. The molecule has 1 unspecified atom stereocenters. The van der Waals surface area contributed by atoms with Gasteiger partial charge in [-0.25, -0.2) is 4.79 Å². The van der Waals surface area contributed by atoms with Gasteiger partial charge < -0.3 is 14.8 Å². The SMILES string of the molecule is CC(NC(=O)N(Cc1ccncc1)C1CC1)c1nncn1C. The normalized spacial score (nSPS) is 15.4. The molecule has 2 amide bonds. The molecule has 1 aliphatic carbocycles. The molecule has 1 saturated carbocycles. The number of nitrogens with zero attached hydrogens (tertiary/aromatic N) is 5. The maximum Gasteiger partial charge on any atom is 0.318 e. The van der Waals surface area contributed by atoms with Crippen molar-refractivity contribution in [3.05, 3.63) is 42.2 Å². The summed E-state index contributed by atoms with van der Waals surface area (Å²) in [4.78, 5) is 18.5. The largest absolute Gasteiger partial charge is 0.328 e. The fourth-order valence-corrected chi connectivity index (χ4v) is 2.45. The van der Waals surface area contributed by atoms with Gasteiger partial charge in [0.2, 0.25) is 0 Å². The second-order valence-corrected chi connectivity index (χ2v) is 5.69. The van der Waals surface area contributed by atoms with Crippen LogP contribution in [-0.2, 0) is 13.6 Å². The van der Waals surface area contributed by atoms with Crippen LogP contribution in [0, 0.1) is 0 Å². The maximum atomic E-state index is 12.6. The molecule has 0 radical (unpaired) electrons. The van der Waals surface area contributed by atoms with Gasteiger partial charge in [0.15, 0.2) is 5.82 Å². The molecule has 0 saturated heterocycles. The second kappa shape index (κ2) is 6.13. The topological polar surface area (TPSA) is 75.9 Å². The number of nitrogens with one attached hydrogen (secondary N) is 1. The zero-order valence-corrected chi connectivity index (χ0v) is 12.8. The molecule has 0 spiro atoms. The molecule has 2 heterocycles. The predicted molar refractivity (Wildman–Crippen MR) is 80.8 cm³/mol. The first kappa shape index (κ1) is 14.5. The summed E-state index contributed by atoms with van der Waals surface area (Å²) in [5.74, 6) is 0.744. The standard InChI is InChI=1S/C15H20N6O/c1-11(14-19-17-10-20(14)2)18-15(22)21(13-3-4-13)9-12-5-7-16-8-6-12/h5-8,10-11,13H,3-4,9H2,1-2H3,(H,18,22). The lowest BCUT2D eigenvalue weighted by atomic mass is 10.2. The van der Waals surface area contributed by atoms with Gasteiger partial charge in [-0.2, -0.15) is 0 Å². The van der Waals surface area contributed by atoms with Crippen LogP contribution in [0.5, 0.6) is 0 Å². The third-order valence-corrected chi connectivity index (χ3v) is 3.82. The molecule has 1 N–H and O–H groups in total. The van der Waals surface area contributed by atoms with E-state index in [0.29, 0.717) is 12.6 Å². The van der Waals surface area contributed by atoms with Crippen LogP contribution in [0.4, 0.5) is 4.79 Å². The molecule has 0 aromatic carbocycles. The summed E-state index contributed by atoms with van der Waals surface area (Å²) in [5, 5.41) is 10.9. The Morgan fingerprint density at radius 1 is 1.45 bits per heavy atom. The number of hydrogen-bond donors (Lipinski definition) is 1. The van der Waals surface area contributed by atoms with Gasteiger partial charge in [0, 0.05) is 32.0 Å². The number of aromatic nitrogens is 4. The predicted octanol–water partition coefficient (Wildman–Crippen LogP) is 1.65. The van der Waals surface area contributed by atoms with Crippen molar-refractivity contribution in [3.8, 4) is 0 Å². The van der Waals surface area contributed by atoms with Crippen LogP contribution in [0.2, 0.25) is 0 Å². The molecule has 22 heavy (non-hydrogen) atoms. The summed E-state index contributed by atoms with van der Waals surface area (Å²) >= 11 is 0. The van der Waals surface area contributed by atoms with Crippen LogP contribution in [0.15, 0.2) is 30.9 Å². The van der Waals surface area contributed by atoms with Crippen LogP contribution < -0.4 is 5.32 Å². The van der Waals surface area contributed by atoms with Gasteiger partial charge in [-0.15, -0.1) is 10.2 Å². The molecule has 3 rings (SSSR count). The second-order valence-electron chi connectivity index (χ2n) is 5.69. The number of aryl methyl sites for hydroxylation is 1. The van der Waals surface area contributed by atoms with Crippen LogP contribution in [0.1, 0.15) is 37.2 Å². The minimum absolute atomic E-state index is 0.0604. The van der Waals surface area contributed by atoms with Crippen molar-refractivity contribution >= 4 is 6.03 Å². The fourth-order valence-electron chi connectivity index (χ4n) is 2.45. The monoisotopic (exact) mass is 300 g/mol. The molecule has 2 aromatic heterocycles. The van der Waals surface area contributed by atoms with Crippen molar-refractivity contribution in [2.45, 2.75) is 38.4 Å². The van der Waals surface area contributed by atoms with Crippen molar-refractivity contribution in [1.82, 2.24) is 30.0 Å². The highest BCUT2D eigenvalue weighted by atomic mass is 16.2. The van der Waals surface area contributed by atoms with Gasteiger partial charge in [-0.1, -0.05) is 0 Å². The van der Waals surface area contributed by atoms with Gasteiger partial charge in [-0.3, -0.25) is 4.98 Å². The number of carbonyl (C=O) groups excluding carboxylic acids is 1. The van der Waals surface area contributed by atoms with E-state index >= 15 is 0 Å². The van der Waals surface area contributed by atoms with E-state index < -0.39 is 0 Å². The van der Waals surface area contributed by atoms with Gasteiger partial charge >= 0.3 is 6.03 Å². The van der Waals surface area contributed by atoms with Crippen LogP contribution in [-0.4, -0.2) is 36.7 Å². The van der Waals surface area contributed by atoms with E-state index in [1.165, 1.54) is 0 Å². The number of rotatable bonds is 5. The Hall–Kier alpha value is -2.44. The zero-order chi connectivity index (χ0) is 15.5. The van der Waals surface area contributed by atoms with Gasteiger partial charge in [-0.05, 0) is 37.5 Å². The molecular formula is C15H20N6O. The van der Waals surface area contributed by atoms with E-state index in [0.717, 1.165) is 24.2 Å². The number of hydrogen-bond acceptors (Lipinski definition) is 4. The third-order valence-electron chi connectivity index (χ3n) is 3.82. The van der Waals surface area contributed by atoms with Crippen molar-refractivity contribution in [1.29, 1.82) is 0 Å². The first-order valence-electron chi connectivity index (χ1n) is 7.45. The first-order chi connectivity index (χ1) is 10.6. The number of urea groups is 1. The lowest BCUT2D eigenvalue weighted by molar-refractivity contribution is 0.188. The Balaban J connectivity index is 1.67. The molecule has 7 heteroatoms. The van der Waals surface area contributed by atoms with Gasteiger partial charge in [0.25, 0.3) is 0 Å². The summed E-state index contributed by atoms with van der Waals surface area (Å²) in [6.45, 7) is 2.52. The zero-order valence-electron chi connectivity index (χ0n) is 12.8. The quantitative estimate of drug-likeness (QED) is 0.911. The van der Waals surface area contributed by atoms with E-state index in [4.69, 9.17) is 0 Å². The van der Waals surface area contributed by atoms with Crippen molar-refractivity contribution in [2.75, 3.05) is 0 Å². The summed E-state index contributed by atoms with van der Waals surface area (Å²) in [6.07, 6.45) is 7.27. The summed E-state index contributed by atoms with van der Waals surface area (Å²) in [5.41, 5.74) is 1.09. The van der Waals surface area contributed by atoms with E-state index in [1.54, 1.807) is 18.7 Å². The molecule has 2 aromatic rings. The smallest absolute Gasteiger partial charge is 0.318 e. The minimum Gasteiger partial charge on any atom is -0.328 e. The third kappa shape index (κ3) is 3.24. The molecule has 0 aliphatic heterocycles. The van der Waals surface area contributed by atoms with Crippen molar-refractivity contribution < 1.29 is 4.79 Å². The van der Waals surface area contributed by atoms with Crippen LogP contribution >= 0.6 is 0 Å². The Morgan fingerprint density at radius 2 is 2.18 bits per heavy atom. The Morgan fingerprint density at radius 3 is 2.77 bits per heavy atom. The van der Waals surface area contributed by atoms with Crippen LogP contribution in [0.25, 0.3) is 0 Å². The number of pyridine rings is 1. The molecular weight excluding hydrogens is 280 g/mol. The van der Waals surface area contributed by atoms with Crippen LogP contribution in [0.3, 0.4) is 0 Å². The fraction of sp³-hybridized carbons (Fsp3) is 0.467. The van der Waals surface area contributed by atoms with E-state index in [-0.39, 0.29) is 12.1 Å². The number of carbonyl (C=O) groups is 1. The highest BCUT2D eigenvalue weighted by Gasteiger charge is 2.33. The summed E-state index contributed by atoms with van der Waals surface area (Å²) in [6, 6.07) is 3.97. The highest BCUT2D eigenvalue weighted by molar-refractivity contribution is 5.75. The maximum absolute atomic E-state index is 12.6. The van der Waals surface area contributed by atoms with E-state index in [1.807, 2.05) is 35.6 Å². The van der Waals surface area contributed by atoms with E-state index in [9.17, 15) is 4.79 Å². The van der Waals surface area contributed by atoms with Crippen molar-refractivity contribution in [2.24, 2.45) is 7.05 Å². The summed E-state index contributed by atoms with van der Waals surface area (Å²) < 4.78 is 1.81. The molecule has 1 fully saturated rings. The number of amides is 2. The lowest BCUT2D eigenvalue weighted by Crippen LogP contribution is -2.42. The molecule has 1 atom stereocenters. The van der Waals surface area contributed by atoms with Gasteiger partial charge in [0.05, 0.1) is 6.04 Å². The Labute approximate surface area is 129 Å². The molecule has 7 nitrogen and oxygen atoms in total. The molecule has 116 valence electrons. The summed E-state index contributed by atoms with van der Waals surface area (Å²) in [7, 11) is 1.87. The average molecular weight is 300 g/mol. The van der Waals surface area contributed by atoms with Gasteiger partial charge in [0.1, 0.15) is 6.33 Å². The average Bonchev–Trinajstić information content (AvgIpc) is 3.26. The molecule has 1 aliphatic rings. The highest BCUT2D eigenvalue weighted by Crippen LogP contribution is 2.28. The molecule has 0 bridgehead atoms.